The van der Waals surface area contributed by atoms with E-state index < -0.39 is 5.60 Å². The number of unbranched alkanes of at least 4 members (excludes halogenated alkanes) is 1. The van der Waals surface area contributed by atoms with Crippen LogP contribution < -0.4 is 5.73 Å². The van der Waals surface area contributed by atoms with Gasteiger partial charge in [0.2, 0.25) is 0 Å². The molecule has 0 spiro atoms. The van der Waals surface area contributed by atoms with Crippen LogP contribution in [0, 0.1) is 0 Å². The zero-order valence-corrected chi connectivity index (χ0v) is 8.38. The highest BCUT2D eigenvalue weighted by Crippen LogP contribution is 2.21. The molecule has 0 saturated carbocycles. The minimum absolute atomic E-state index is 0.221. The van der Waals surface area contributed by atoms with E-state index >= 15 is 0 Å². The maximum atomic E-state index is 11.3. The van der Waals surface area contributed by atoms with Crippen LogP contribution in [0.5, 0.6) is 0 Å². The van der Waals surface area contributed by atoms with Crippen LogP contribution >= 0.6 is 0 Å². The third-order valence-corrected chi connectivity index (χ3v) is 2.33. The van der Waals surface area contributed by atoms with Gasteiger partial charge in [0.05, 0.1) is 6.54 Å². The number of amides is 1. The summed E-state index contributed by atoms with van der Waals surface area (Å²) in [7, 11) is 0. The first-order chi connectivity index (χ1) is 6.11. The van der Waals surface area contributed by atoms with Crippen molar-refractivity contribution in [1.29, 1.82) is 0 Å². The summed E-state index contributed by atoms with van der Waals surface area (Å²) in [5.41, 5.74) is 5.05. The summed E-state index contributed by atoms with van der Waals surface area (Å²) in [4.78, 5) is 13.0. The van der Waals surface area contributed by atoms with Crippen molar-refractivity contribution in [1.82, 2.24) is 4.90 Å². The molecular formula is C9H18N2O2. The van der Waals surface area contributed by atoms with Crippen LogP contribution in [0.3, 0.4) is 0 Å². The Morgan fingerprint density at radius 2 is 2.38 bits per heavy atom. The summed E-state index contributed by atoms with van der Waals surface area (Å²) in [5.74, 6) is 0. The Morgan fingerprint density at radius 3 is 2.85 bits per heavy atom. The lowest BCUT2D eigenvalue weighted by atomic mass is 10.1. The molecule has 0 aliphatic carbocycles. The second-order valence-electron chi connectivity index (χ2n) is 3.80. The van der Waals surface area contributed by atoms with Gasteiger partial charge in [0, 0.05) is 13.1 Å². The number of nitrogens with zero attached hydrogens (tertiary/aromatic N) is 1. The fourth-order valence-corrected chi connectivity index (χ4v) is 1.40. The molecule has 4 heteroatoms. The Bertz CT molecular complexity index is 196. The van der Waals surface area contributed by atoms with Gasteiger partial charge in [-0.15, -0.1) is 0 Å². The zero-order valence-electron chi connectivity index (χ0n) is 8.38. The third kappa shape index (κ3) is 2.34. The molecular weight excluding hydrogens is 168 g/mol. The fraction of sp³-hybridized carbons (Fsp3) is 0.889. The number of ether oxygens (including phenoxy) is 1. The number of hydrogen-bond acceptors (Lipinski definition) is 3. The van der Waals surface area contributed by atoms with E-state index in [1.807, 2.05) is 6.92 Å². The van der Waals surface area contributed by atoms with Crippen LogP contribution in [0.25, 0.3) is 0 Å². The summed E-state index contributed by atoms with van der Waals surface area (Å²) in [6.07, 6.45) is 1.89. The standard InChI is InChI=1S/C9H18N2O2/c1-3-4-5-11-7-9(2,6-10)13-8(11)12/h3-7,10H2,1-2H3. The number of hydrogen-bond donors (Lipinski definition) is 1. The normalized spacial score (nSPS) is 27.9. The quantitative estimate of drug-likeness (QED) is 0.711. The molecule has 1 fully saturated rings. The molecule has 0 bridgehead atoms. The largest absolute Gasteiger partial charge is 0.440 e. The Kier molecular flexibility index (Phi) is 3.14. The van der Waals surface area contributed by atoms with E-state index in [4.69, 9.17) is 10.5 Å². The highest BCUT2D eigenvalue weighted by molar-refractivity contribution is 5.70. The average Bonchev–Trinajstić information content (AvgIpc) is 2.39. The molecule has 0 aromatic carbocycles. The Morgan fingerprint density at radius 1 is 1.69 bits per heavy atom. The van der Waals surface area contributed by atoms with Gasteiger partial charge in [-0.3, -0.25) is 0 Å². The molecule has 1 amide bonds. The van der Waals surface area contributed by atoms with Crippen molar-refractivity contribution in [2.75, 3.05) is 19.6 Å². The van der Waals surface area contributed by atoms with E-state index in [1.165, 1.54) is 0 Å². The van der Waals surface area contributed by atoms with E-state index in [2.05, 4.69) is 6.92 Å². The fourth-order valence-electron chi connectivity index (χ4n) is 1.40. The number of rotatable bonds is 4. The maximum Gasteiger partial charge on any atom is 0.410 e. The van der Waals surface area contributed by atoms with E-state index in [1.54, 1.807) is 4.90 Å². The van der Waals surface area contributed by atoms with Gasteiger partial charge in [0.1, 0.15) is 5.60 Å². The predicted molar refractivity (Wildman–Crippen MR) is 50.4 cm³/mol. The van der Waals surface area contributed by atoms with Crippen LogP contribution in [0.15, 0.2) is 0 Å². The molecule has 2 N–H and O–H groups in total. The van der Waals surface area contributed by atoms with Gasteiger partial charge in [0.25, 0.3) is 0 Å². The van der Waals surface area contributed by atoms with Gasteiger partial charge in [0.15, 0.2) is 0 Å². The lowest BCUT2D eigenvalue weighted by molar-refractivity contribution is 0.0782. The molecule has 1 atom stereocenters. The summed E-state index contributed by atoms with van der Waals surface area (Å²) < 4.78 is 5.17. The lowest BCUT2D eigenvalue weighted by Gasteiger charge is -2.18. The molecule has 1 aliphatic rings. The monoisotopic (exact) mass is 186 g/mol. The molecule has 1 heterocycles. The number of cyclic esters (lactones) is 1. The second-order valence-corrected chi connectivity index (χ2v) is 3.80. The highest BCUT2D eigenvalue weighted by Gasteiger charge is 2.39. The van der Waals surface area contributed by atoms with E-state index in [-0.39, 0.29) is 6.09 Å². The van der Waals surface area contributed by atoms with Crippen molar-refractivity contribution in [2.45, 2.75) is 32.3 Å². The van der Waals surface area contributed by atoms with Crippen LogP contribution in [-0.4, -0.2) is 36.2 Å². The topological polar surface area (TPSA) is 55.6 Å². The van der Waals surface area contributed by atoms with Crippen molar-refractivity contribution < 1.29 is 9.53 Å². The smallest absolute Gasteiger partial charge is 0.410 e. The Balaban J connectivity index is 2.46. The third-order valence-electron chi connectivity index (χ3n) is 2.33. The molecule has 0 radical (unpaired) electrons. The molecule has 0 aromatic rings. The lowest BCUT2D eigenvalue weighted by Crippen LogP contribution is -2.38. The molecule has 1 unspecified atom stereocenters. The van der Waals surface area contributed by atoms with Crippen LogP contribution in [0.4, 0.5) is 4.79 Å². The summed E-state index contributed by atoms with van der Waals surface area (Å²) >= 11 is 0. The van der Waals surface area contributed by atoms with E-state index in [9.17, 15) is 4.79 Å². The molecule has 4 nitrogen and oxygen atoms in total. The van der Waals surface area contributed by atoms with Crippen molar-refractivity contribution >= 4 is 6.09 Å². The van der Waals surface area contributed by atoms with E-state index in [0.717, 1.165) is 19.4 Å². The van der Waals surface area contributed by atoms with Crippen molar-refractivity contribution in [2.24, 2.45) is 5.73 Å². The van der Waals surface area contributed by atoms with Gasteiger partial charge in [-0.2, -0.15) is 0 Å². The van der Waals surface area contributed by atoms with Crippen LogP contribution in [0.2, 0.25) is 0 Å². The maximum absolute atomic E-state index is 11.3. The predicted octanol–water partition coefficient (Wildman–Crippen LogP) is 0.956. The average molecular weight is 186 g/mol. The van der Waals surface area contributed by atoms with Crippen LogP contribution in [0.1, 0.15) is 26.7 Å². The molecule has 13 heavy (non-hydrogen) atoms. The molecule has 1 aliphatic heterocycles. The van der Waals surface area contributed by atoms with Gasteiger partial charge in [-0.25, -0.2) is 4.79 Å². The number of carbonyl (C=O) groups excluding carboxylic acids is 1. The van der Waals surface area contributed by atoms with E-state index in [0.29, 0.717) is 13.1 Å². The highest BCUT2D eigenvalue weighted by atomic mass is 16.6. The molecule has 0 aromatic heterocycles. The van der Waals surface area contributed by atoms with Gasteiger partial charge >= 0.3 is 6.09 Å². The van der Waals surface area contributed by atoms with Crippen molar-refractivity contribution in [3.63, 3.8) is 0 Å². The Hall–Kier alpha value is -0.770. The van der Waals surface area contributed by atoms with Gasteiger partial charge in [-0.05, 0) is 13.3 Å². The summed E-state index contributed by atoms with van der Waals surface area (Å²) in [6, 6.07) is 0. The van der Waals surface area contributed by atoms with Gasteiger partial charge < -0.3 is 15.4 Å². The number of nitrogens with two attached hydrogens (primary N) is 1. The SMILES string of the molecule is CCCCN1CC(C)(CN)OC1=O. The van der Waals surface area contributed by atoms with Crippen molar-refractivity contribution in [3.8, 4) is 0 Å². The zero-order chi connectivity index (χ0) is 9.90. The summed E-state index contributed by atoms with van der Waals surface area (Å²) in [6.45, 7) is 5.77. The second kappa shape index (κ2) is 3.96. The summed E-state index contributed by atoms with van der Waals surface area (Å²) in [5, 5.41) is 0. The van der Waals surface area contributed by atoms with Crippen molar-refractivity contribution in [3.05, 3.63) is 0 Å². The molecule has 76 valence electrons. The number of carbonyl (C=O) groups is 1. The first kappa shape index (κ1) is 10.3. The molecule has 1 saturated heterocycles. The van der Waals surface area contributed by atoms with Gasteiger partial charge in [-0.1, -0.05) is 13.3 Å². The molecule has 1 rings (SSSR count). The van der Waals surface area contributed by atoms with Crippen LogP contribution in [-0.2, 0) is 4.74 Å². The minimum atomic E-state index is -0.467. The first-order valence-electron chi connectivity index (χ1n) is 4.79. The minimum Gasteiger partial charge on any atom is -0.440 e. The first-order valence-corrected chi connectivity index (χ1v) is 4.79. The Labute approximate surface area is 79.0 Å².